The van der Waals surface area contributed by atoms with Gasteiger partial charge in [0.15, 0.2) is 0 Å². The van der Waals surface area contributed by atoms with E-state index in [1.807, 2.05) is 0 Å². The molecule has 0 heterocycles. The zero-order valence-corrected chi connectivity index (χ0v) is 8.20. The molecule has 0 unspecified atom stereocenters. The van der Waals surface area contributed by atoms with Crippen molar-refractivity contribution in [3.8, 4) is 17.6 Å². The molecule has 0 amide bonds. The second-order valence-corrected chi connectivity index (χ2v) is 2.75. The van der Waals surface area contributed by atoms with Gasteiger partial charge in [0, 0.05) is 0 Å². The third kappa shape index (κ3) is 1.88. The quantitative estimate of drug-likeness (QED) is 0.734. The van der Waals surface area contributed by atoms with E-state index in [-0.39, 0.29) is 0 Å². The highest BCUT2D eigenvalue weighted by Gasteiger charge is 2.08. The fourth-order valence-electron chi connectivity index (χ4n) is 1.19. The summed E-state index contributed by atoms with van der Waals surface area (Å²) >= 11 is 0. The van der Waals surface area contributed by atoms with Crippen molar-refractivity contribution in [3.63, 3.8) is 0 Å². The molecule has 0 saturated carbocycles. The van der Waals surface area contributed by atoms with Crippen LogP contribution in [0.3, 0.4) is 0 Å². The summed E-state index contributed by atoms with van der Waals surface area (Å²) in [7, 11) is 3.06. The smallest absolute Gasteiger partial charge is 0.145 e. The molecule has 14 heavy (non-hydrogen) atoms. The minimum atomic E-state index is 0.312. The number of benzene rings is 1. The van der Waals surface area contributed by atoms with Gasteiger partial charge in [-0.25, -0.2) is 0 Å². The van der Waals surface area contributed by atoms with Crippen LogP contribution in [-0.4, -0.2) is 14.2 Å². The van der Waals surface area contributed by atoms with Gasteiger partial charge in [-0.1, -0.05) is 0 Å². The Balaban J connectivity index is 3.19. The molecule has 1 aromatic carbocycles. The van der Waals surface area contributed by atoms with Crippen molar-refractivity contribution >= 4 is 5.69 Å². The van der Waals surface area contributed by atoms with Gasteiger partial charge < -0.3 is 15.2 Å². The van der Waals surface area contributed by atoms with Crippen molar-refractivity contribution in [3.05, 3.63) is 17.7 Å². The van der Waals surface area contributed by atoms with Crippen molar-refractivity contribution in [2.45, 2.75) is 6.42 Å². The average molecular weight is 192 g/mol. The number of hydrogen-bond donors (Lipinski definition) is 1. The molecule has 1 aromatic rings. The summed E-state index contributed by atoms with van der Waals surface area (Å²) < 4.78 is 10.1. The minimum absolute atomic E-state index is 0.312. The largest absolute Gasteiger partial charge is 0.494 e. The van der Waals surface area contributed by atoms with Crippen molar-refractivity contribution in [2.24, 2.45) is 0 Å². The van der Waals surface area contributed by atoms with E-state index in [9.17, 15) is 0 Å². The molecule has 0 aromatic heterocycles. The molecule has 0 aliphatic rings. The first-order valence-electron chi connectivity index (χ1n) is 4.10. The van der Waals surface area contributed by atoms with Crippen LogP contribution in [0.5, 0.6) is 11.5 Å². The molecule has 0 atom stereocenters. The normalized spacial score (nSPS) is 9.21. The molecule has 4 heteroatoms. The molecule has 0 aliphatic carbocycles. The van der Waals surface area contributed by atoms with Gasteiger partial charge in [-0.2, -0.15) is 5.26 Å². The van der Waals surface area contributed by atoms with Crippen molar-refractivity contribution in [1.29, 1.82) is 5.26 Å². The van der Waals surface area contributed by atoms with E-state index < -0.39 is 0 Å². The van der Waals surface area contributed by atoms with E-state index in [4.69, 9.17) is 20.5 Å². The number of ether oxygens (including phenoxy) is 2. The van der Waals surface area contributed by atoms with Gasteiger partial charge in [0.2, 0.25) is 0 Å². The van der Waals surface area contributed by atoms with Crippen molar-refractivity contribution in [1.82, 2.24) is 0 Å². The third-order valence-corrected chi connectivity index (χ3v) is 1.89. The van der Waals surface area contributed by atoms with Gasteiger partial charge in [0.1, 0.15) is 17.2 Å². The van der Waals surface area contributed by atoms with Gasteiger partial charge in [-0.05, 0) is 17.7 Å². The summed E-state index contributed by atoms with van der Waals surface area (Å²) in [5.41, 5.74) is 7.02. The van der Waals surface area contributed by atoms with E-state index in [2.05, 4.69) is 6.07 Å². The van der Waals surface area contributed by atoms with Crippen LogP contribution in [-0.2, 0) is 6.42 Å². The van der Waals surface area contributed by atoms with Crippen LogP contribution in [0, 0.1) is 11.3 Å². The van der Waals surface area contributed by atoms with Crippen LogP contribution in [0.4, 0.5) is 5.69 Å². The maximum absolute atomic E-state index is 8.55. The highest BCUT2D eigenvalue weighted by Crippen LogP contribution is 2.32. The summed E-state index contributed by atoms with van der Waals surface area (Å²) in [5.74, 6) is 1.07. The number of nitrogen functional groups attached to an aromatic ring is 1. The van der Waals surface area contributed by atoms with Gasteiger partial charge >= 0.3 is 0 Å². The minimum Gasteiger partial charge on any atom is -0.494 e. The maximum Gasteiger partial charge on any atom is 0.145 e. The fourth-order valence-corrected chi connectivity index (χ4v) is 1.19. The Morgan fingerprint density at radius 3 is 2.14 bits per heavy atom. The Morgan fingerprint density at radius 1 is 1.29 bits per heavy atom. The van der Waals surface area contributed by atoms with Crippen LogP contribution in [0.25, 0.3) is 0 Å². The fraction of sp³-hybridized carbons (Fsp3) is 0.300. The Hall–Kier alpha value is -1.89. The topological polar surface area (TPSA) is 68.3 Å². The van der Waals surface area contributed by atoms with Gasteiger partial charge in [0.25, 0.3) is 0 Å². The summed E-state index contributed by atoms with van der Waals surface area (Å²) in [5, 5.41) is 8.55. The zero-order valence-electron chi connectivity index (χ0n) is 8.20. The predicted octanol–water partition coefficient (Wildman–Crippen LogP) is 1.35. The van der Waals surface area contributed by atoms with Gasteiger partial charge in [-0.3, -0.25) is 0 Å². The Labute approximate surface area is 82.9 Å². The number of nitrogens with two attached hydrogens (primary N) is 1. The van der Waals surface area contributed by atoms with E-state index >= 15 is 0 Å². The number of hydrogen-bond acceptors (Lipinski definition) is 4. The lowest BCUT2D eigenvalue weighted by atomic mass is 10.1. The lowest BCUT2D eigenvalue weighted by Crippen LogP contribution is -1.98. The summed E-state index contributed by atoms with van der Waals surface area (Å²) in [6, 6.07) is 5.53. The number of nitriles is 1. The Bertz CT molecular complexity index is 344. The lowest BCUT2D eigenvalue weighted by Gasteiger charge is -2.10. The molecule has 2 N–H and O–H groups in total. The molecule has 0 fully saturated rings. The average Bonchev–Trinajstić information content (AvgIpc) is 2.20. The van der Waals surface area contributed by atoms with Crippen LogP contribution >= 0.6 is 0 Å². The van der Waals surface area contributed by atoms with E-state index in [1.54, 1.807) is 12.1 Å². The van der Waals surface area contributed by atoms with Gasteiger partial charge in [-0.15, -0.1) is 0 Å². The van der Waals surface area contributed by atoms with Crippen LogP contribution in [0.2, 0.25) is 0 Å². The second kappa shape index (κ2) is 4.38. The molecule has 0 radical (unpaired) electrons. The molecular weight excluding hydrogens is 180 g/mol. The number of rotatable bonds is 3. The number of nitrogens with zero attached hydrogens (tertiary/aromatic N) is 1. The van der Waals surface area contributed by atoms with Gasteiger partial charge in [0.05, 0.1) is 26.7 Å². The highest BCUT2D eigenvalue weighted by atomic mass is 16.5. The SMILES string of the molecule is COc1cc(CC#N)cc(OC)c1N. The molecule has 1 rings (SSSR count). The molecule has 0 aliphatic heterocycles. The molecule has 0 spiro atoms. The summed E-state index contributed by atoms with van der Waals surface area (Å²) in [6.45, 7) is 0. The maximum atomic E-state index is 8.55. The first kappa shape index (κ1) is 10.2. The zero-order chi connectivity index (χ0) is 10.6. The standard InChI is InChI=1S/C10H12N2O2/c1-13-8-5-7(3-4-11)6-9(14-2)10(8)12/h5-6H,3,12H2,1-2H3. The summed E-state index contributed by atoms with van der Waals surface area (Å²) in [4.78, 5) is 0. The third-order valence-electron chi connectivity index (χ3n) is 1.89. The molecule has 0 saturated heterocycles. The van der Waals surface area contributed by atoms with E-state index in [1.165, 1.54) is 14.2 Å². The lowest BCUT2D eigenvalue weighted by molar-refractivity contribution is 0.397. The van der Waals surface area contributed by atoms with Crippen LogP contribution in [0.1, 0.15) is 5.56 Å². The molecular formula is C10H12N2O2. The second-order valence-electron chi connectivity index (χ2n) is 2.75. The Kier molecular flexibility index (Phi) is 3.19. The van der Waals surface area contributed by atoms with Crippen molar-refractivity contribution < 1.29 is 9.47 Å². The highest BCUT2D eigenvalue weighted by molar-refractivity contribution is 5.64. The first-order valence-corrected chi connectivity index (χ1v) is 4.10. The molecule has 0 bridgehead atoms. The number of methoxy groups -OCH3 is 2. The first-order chi connectivity index (χ1) is 6.72. The van der Waals surface area contributed by atoms with Crippen molar-refractivity contribution in [2.75, 3.05) is 20.0 Å². The monoisotopic (exact) mass is 192 g/mol. The van der Waals surface area contributed by atoms with Crippen LogP contribution in [0.15, 0.2) is 12.1 Å². The number of anilines is 1. The predicted molar refractivity (Wildman–Crippen MR) is 53.3 cm³/mol. The van der Waals surface area contributed by atoms with E-state index in [0.717, 1.165) is 5.56 Å². The molecule has 74 valence electrons. The molecule has 4 nitrogen and oxygen atoms in total. The Morgan fingerprint density at radius 2 is 1.79 bits per heavy atom. The van der Waals surface area contributed by atoms with E-state index in [0.29, 0.717) is 23.6 Å². The van der Waals surface area contributed by atoms with Crippen LogP contribution < -0.4 is 15.2 Å². The summed E-state index contributed by atoms with van der Waals surface area (Å²) in [6.07, 6.45) is 0.312.